The van der Waals surface area contributed by atoms with Crippen molar-refractivity contribution in [2.75, 3.05) is 6.54 Å². The van der Waals surface area contributed by atoms with Crippen LogP contribution in [0.15, 0.2) is 35.4 Å². The number of fused-ring (bicyclic) bond motifs is 2. The first kappa shape index (κ1) is 21.0. The Bertz CT molecular complexity index is 1390. The number of piperidine rings is 1. The van der Waals surface area contributed by atoms with Crippen LogP contribution in [-0.4, -0.2) is 41.4 Å². The van der Waals surface area contributed by atoms with Crippen LogP contribution in [0.2, 0.25) is 0 Å². The Morgan fingerprint density at radius 2 is 2.00 bits per heavy atom. The zero-order chi connectivity index (χ0) is 21.2. The molecule has 2 aliphatic rings. The summed E-state index contributed by atoms with van der Waals surface area (Å²) in [7, 11) is 0. The van der Waals surface area contributed by atoms with Gasteiger partial charge in [0.15, 0.2) is 5.65 Å². The van der Waals surface area contributed by atoms with Crippen molar-refractivity contribution in [1.29, 1.82) is 0 Å². The molecule has 5 heterocycles. The second-order valence-electron chi connectivity index (χ2n) is 9.09. The molecular formula is C23H26ClN7O. The average molecular weight is 452 g/mol. The first-order valence-electron chi connectivity index (χ1n) is 11.0. The van der Waals surface area contributed by atoms with E-state index in [1.54, 1.807) is 15.4 Å². The molecule has 1 atom stereocenters. The molecule has 1 aliphatic heterocycles. The summed E-state index contributed by atoms with van der Waals surface area (Å²) in [6, 6.07) is 5.87. The van der Waals surface area contributed by atoms with Gasteiger partial charge in [0, 0.05) is 5.54 Å². The van der Waals surface area contributed by atoms with E-state index in [2.05, 4.69) is 20.5 Å². The maximum absolute atomic E-state index is 13.2. The molecular weight excluding hydrogens is 426 g/mol. The highest BCUT2D eigenvalue weighted by atomic mass is 35.5. The lowest BCUT2D eigenvalue weighted by Crippen LogP contribution is -2.56. The normalized spacial score (nSPS) is 19.8. The number of rotatable bonds is 2. The van der Waals surface area contributed by atoms with E-state index in [0.29, 0.717) is 10.9 Å². The summed E-state index contributed by atoms with van der Waals surface area (Å²) in [4.78, 5) is 22.5. The van der Waals surface area contributed by atoms with Gasteiger partial charge in [-0.1, -0.05) is 0 Å². The Hall–Kier alpha value is -2.84. The Kier molecular flexibility index (Phi) is 5.02. The van der Waals surface area contributed by atoms with Gasteiger partial charge in [-0.2, -0.15) is 10.2 Å². The fourth-order valence-electron chi connectivity index (χ4n) is 5.14. The molecule has 0 radical (unpaired) electrons. The van der Waals surface area contributed by atoms with Crippen LogP contribution in [0.3, 0.4) is 0 Å². The monoisotopic (exact) mass is 451 g/mol. The predicted molar refractivity (Wildman–Crippen MR) is 125 cm³/mol. The highest BCUT2D eigenvalue weighted by Gasteiger charge is 2.41. The van der Waals surface area contributed by atoms with Crippen LogP contribution in [0.5, 0.6) is 0 Å². The third kappa shape index (κ3) is 3.29. The number of hydrogen-bond acceptors (Lipinski definition) is 6. The highest BCUT2D eigenvalue weighted by Crippen LogP contribution is 2.41. The summed E-state index contributed by atoms with van der Waals surface area (Å²) < 4.78 is 3.48. The van der Waals surface area contributed by atoms with Crippen LogP contribution in [0.25, 0.3) is 27.9 Å². The zero-order valence-corrected chi connectivity index (χ0v) is 19.0. The van der Waals surface area contributed by atoms with Crippen molar-refractivity contribution in [3.05, 3.63) is 52.2 Å². The van der Waals surface area contributed by atoms with Gasteiger partial charge in [0.05, 0.1) is 40.7 Å². The molecule has 1 N–H and O–H groups in total. The molecule has 4 aromatic heterocycles. The molecule has 4 aromatic rings. The first-order chi connectivity index (χ1) is 15.0. The van der Waals surface area contributed by atoms with E-state index in [0.717, 1.165) is 47.7 Å². The summed E-state index contributed by atoms with van der Waals surface area (Å²) in [5, 5.41) is 13.5. The lowest BCUT2D eigenvalue weighted by Gasteiger charge is -2.48. The maximum Gasteiger partial charge on any atom is 0.276 e. The summed E-state index contributed by atoms with van der Waals surface area (Å²) in [5.41, 5.74) is 5.04. The SMILES string of the molecule is Cc1cn2nc(-c3ccc4c(=O)n(C5CCNC6(CCC6)C5)ncc4n3)cc(C)c2n1.Cl. The van der Waals surface area contributed by atoms with E-state index >= 15 is 0 Å². The quantitative estimate of drug-likeness (QED) is 0.502. The molecule has 1 aliphatic carbocycles. The molecule has 9 heteroatoms. The summed E-state index contributed by atoms with van der Waals surface area (Å²) >= 11 is 0. The number of pyridine rings is 1. The minimum absolute atomic E-state index is 0. The van der Waals surface area contributed by atoms with E-state index in [1.165, 1.54) is 19.3 Å². The van der Waals surface area contributed by atoms with Gasteiger partial charge in [0.2, 0.25) is 0 Å². The number of aryl methyl sites for hydroxylation is 2. The number of hydrogen-bond donors (Lipinski definition) is 1. The molecule has 6 rings (SSSR count). The number of nitrogens with zero attached hydrogens (tertiary/aromatic N) is 6. The fraction of sp³-hybridized carbons (Fsp3) is 0.435. The molecule has 32 heavy (non-hydrogen) atoms. The Balaban J connectivity index is 0.00000216. The maximum atomic E-state index is 13.2. The number of aromatic nitrogens is 6. The summed E-state index contributed by atoms with van der Waals surface area (Å²) in [6.45, 7) is 4.91. The van der Waals surface area contributed by atoms with Crippen molar-refractivity contribution >= 4 is 29.0 Å². The van der Waals surface area contributed by atoms with E-state index < -0.39 is 0 Å². The lowest BCUT2D eigenvalue weighted by molar-refractivity contribution is 0.104. The molecule has 2 fully saturated rings. The van der Waals surface area contributed by atoms with Crippen LogP contribution < -0.4 is 10.9 Å². The minimum Gasteiger partial charge on any atom is -0.311 e. The van der Waals surface area contributed by atoms with Crippen LogP contribution in [0.4, 0.5) is 0 Å². The van der Waals surface area contributed by atoms with Gasteiger partial charge < -0.3 is 5.32 Å². The van der Waals surface area contributed by atoms with Crippen molar-refractivity contribution in [2.24, 2.45) is 0 Å². The Labute approximate surface area is 191 Å². The first-order valence-corrected chi connectivity index (χ1v) is 11.0. The highest BCUT2D eigenvalue weighted by molar-refractivity contribution is 5.85. The number of imidazole rings is 1. The summed E-state index contributed by atoms with van der Waals surface area (Å²) in [5.74, 6) is 0. The van der Waals surface area contributed by atoms with E-state index in [4.69, 9.17) is 4.98 Å². The third-order valence-electron chi connectivity index (χ3n) is 6.92. The van der Waals surface area contributed by atoms with Crippen LogP contribution in [-0.2, 0) is 0 Å². The molecule has 1 saturated carbocycles. The van der Waals surface area contributed by atoms with E-state index in [1.807, 2.05) is 38.2 Å². The van der Waals surface area contributed by atoms with E-state index in [9.17, 15) is 4.79 Å². The molecule has 1 unspecified atom stereocenters. The largest absolute Gasteiger partial charge is 0.311 e. The molecule has 0 bridgehead atoms. The van der Waals surface area contributed by atoms with Gasteiger partial charge >= 0.3 is 0 Å². The van der Waals surface area contributed by atoms with Gasteiger partial charge in [-0.15, -0.1) is 12.4 Å². The molecule has 0 aromatic carbocycles. The fourth-order valence-corrected chi connectivity index (χ4v) is 5.14. The second-order valence-corrected chi connectivity index (χ2v) is 9.09. The minimum atomic E-state index is -0.0530. The summed E-state index contributed by atoms with van der Waals surface area (Å²) in [6.07, 6.45) is 9.20. The van der Waals surface area contributed by atoms with Crippen molar-refractivity contribution in [2.45, 2.75) is 57.5 Å². The number of nitrogens with one attached hydrogen (secondary N) is 1. The Morgan fingerprint density at radius 3 is 2.78 bits per heavy atom. The molecule has 1 spiro atoms. The van der Waals surface area contributed by atoms with Crippen molar-refractivity contribution < 1.29 is 0 Å². The third-order valence-corrected chi connectivity index (χ3v) is 6.92. The zero-order valence-electron chi connectivity index (χ0n) is 18.2. The van der Waals surface area contributed by atoms with Gasteiger partial charge in [0.25, 0.3) is 5.56 Å². The van der Waals surface area contributed by atoms with Crippen molar-refractivity contribution in [3.8, 4) is 11.4 Å². The molecule has 1 saturated heterocycles. The topological polar surface area (TPSA) is 90.0 Å². The Morgan fingerprint density at radius 1 is 1.16 bits per heavy atom. The van der Waals surface area contributed by atoms with E-state index in [-0.39, 0.29) is 29.5 Å². The molecule has 8 nitrogen and oxygen atoms in total. The second kappa shape index (κ2) is 7.64. The smallest absolute Gasteiger partial charge is 0.276 e. The lowest BCUT2D eigenvalue weighted by atomic mass is 9.70. The molecule has 0 amide bonds. The number of halogens is 1. The van der Waals surface area contributed by atoms with Gasteiger partial charge in [-0.05, 0) is 76.3 Å². The predicted octanol–water partition coefficient (Wildman–Crippen LogP) is 3.39. The van der Waals surface area contributed by atoms with Crippen molar-refractivity contribution in [3.63, 3.8) is 0 Å². The van der Waals surface area contributed by atoms with Crippen LogP contribution in [0.1, 0.15) is 49.4 Å². The molecule has 166 valence electrons. The standard InChI is InChI=1S/C23H25N7O.ClH/c1-14-10-19(28-29-13-15(2)26-21(14)29)18-5-4-17-20(27-18)12-25-30(22(17)31)16-6-9-24-23(11-16)7-3-8-23;/h4-5,10,12-13,16,24H,3,6-9,11H2,1-2H3;1H. The van der Waals surface area contributed by atoms with Gasteiger partial charge in [-0.25, -0.2) is 19.2 Å². The average Bonchev–Trinajstić information content (AvgIpc) is 3.13. The van der Waals surface area contributed by atoms with Crippen molar-refractivity contribution in [1.82, 2.24) is 34.7 Å². The van der Waals surface area contributed by atoms with Crippen LogP contribution >= 0.6 is 12.4 Å². The van der Waals surface area contributed by atoms with Gasteiger partial charge in [-0.3, -0.25) is 4.79 Å². The van der Waals surface area contributed by atoms with Crippen LogP contribution in [0, 0.1) is 13.8 Å². The van der Waals surface area contributed by atoms with Gasteiger partial charge in [0.1, 0.15) is 5.69 Å².